The number of aryl methyl sites for hydroxylation is 1. The lowest BCUT2D eigenvalue weighted by Gasteiger charge is -2.19. The summed E-state index contributed by atoms with van der Waals surface area (Å²) in [6, 6.07) is 6.05. The fraction of sp³-hybridized carbons (Fsp3) is 0.516. The van der Waals surface area contributed by atoms with E-state index in [0.717, 1.165) is 35.4 Å². The number of rotatable bonds is 14. The first-order valence-electron chi connectivity index (χ1n) is 14.1. The number of nitrogens with zero attached hydrogens (tertiary/aromatic N) is 1. The molecule has 2 atom stereocenters. The zero-order valence-electron chi connectivity index (χ0n) is 25.7. The smallest absolute Gasteiger partial charge is 0.242 e. The highest BCUT2D eigenvalue weighted by Gasteiger charge is 2.30. The summed E-state index contributed by atoms with van der Waals surface area (Å²) >= 11 is 1.64. The van der Waals surface area contributed by atoms with E-state index in [1.165, 1.54) is 6.92 Å². The Morgan fingerprint density at radius 2 is 1.83 bits per heavy atom. The highest BCUT2D eigenvalue weighted by Crippen LogP contribution is 2.50. The molecule has 230 valence electrons. The van der Waals surface area contributed by atoms with Crippen LogP contribution in [-0.4, -0.2) is 83.3 Å². The van der Waals surface area contributed by atoms with Crippen molar-refractivity contribution in [1.82, 2.24) is 15.5 Å². The zero-order chi connectivity index (χ0) is 30.8. The number of benzene rings is 1. The van der Waals surface area contributed by atoms with Gasteiger partial charge < -0.3 is 35.1 Å². The average molecular weight is 601 g/mol. The van der Waals surface area contributed by atoms with Crippen LogP contribution >= 0.6 is 11.8 Å². The Hall–Kier alpha value is -3.44. The van der Waals surface area contributed by atoms with Gasteiger partial charge >= 0.3 is 0 Å². The molecule has 10 nitrogen and oxygen atoms in total. The van der Waals surface area contributed by atoms with Gasteiger partial charge in [0.25, 0.3) is 0 Å². The molecule has 0 fully saturated rings. The summed E-state index contributed by atoms with van der Waals surface area (Å²) in [4.78, 5) is 41.1. The fourth-order valence-corrected chi connectivity index (χ4v) is 5.72. The van der Waals surface area contributed by atoms with Crippen LogP contribution in [0.2, 0.25) is 0 Å². The lowest BCUT2D eigenvalue weighted by atomic mass is 9.95. The Bertz CT molecular complexity index is 1320. The molecule has 2 aromatic rings. The lowest BCUT2D eigenvalue weighted by molar-refractivity contribution is -0.122. The molecule has 11 heteroatoms. The number of anilines is 1. The maximum atomic E-state index is 13.7. The van der Waals surface area contributed by atoms with Crippen molar-refractivity contribution in [1.29, 1.82) is 0 Å². The van der Waals surface area contributed by atoms with Gasteiger partial charge in [0.1, 0.15) is 6.04 Å². The number of nitrogens with one attached hydrogen (secondary N) is 3. The Labute approximate surface area is 252 Å². The number of methoxy groups -OCH3 is 3. The third-order valence-electron chi connectivity index (χ3n) is 7.25. The molecule has 2 amide bonds. The summed E-state index contributed by atoms with van der Waals surface area (Å²) in [7, 11) is 8.67. The SMILES string of the molecule is COc1cc2c(c(OC)c1OC)-c1ccc(N[C@@H](CCSC)C(=O)NCCCN(C)C)c(=O)cc1[C@@H](NC(C)=O)CC2. The molecule has 0 unspecified atom stereocenters. The van der Waals surface area contributed by atoms with E-state index in [9.17, 15) is 14.4 Å². The van der Waals surface area contributed by atoms with Gasteiger partial charge in [-0.2, -0.15) is 11.8 Å². The van der Waals surface area contributed by atoms with Gasteiger partial charge in [0.2, 0.25) is 23.0 Å². The minimum Gasteiger partial charge on any atom is -0.493 e. The second-order valence-electron chi connectivity index (χ2n) is 10.5. The van der Waals surface area contributed by atoms with Gasteiger partial charge in [-0.05, 0) is 93.2 Å². The molecule has 0 aliphatic heterocycles. The van der Waals surface area contributed by atoms with Crippen LogP contribution < -0.4 is 35.6 Å². The Morgan fingerprint density at radius 1 is 1.10 bits per heavy atom. The molecule has 1 aliphatic rings. The largest absolute Gasteiger partial charge is 0.493 e. The summed E-state index contributed by atoms with van der Waals surface area (Å²) in [5.74, 6) is 1.88. The summed E-state index contributed by atoms with van der Waals surface area (Å²) < 4.78 is 17.1. The van der Waals surface area contributed by atoms with Crippen molar-refractivity contribution in [3.05, 3.63) is 45.6 Å². The van der Waals surface area contributed by atoms with Crippen LogP contribution in [-0.2, 0) is 16.0 Å². The molecule has 3 N–H and O–H groups in total. The first-order chi connectivity index (χ1) is 20.1. The zero-order valence-corrected chi connectivity index (χ0v) is 26.5. The number of hydrogen-bond donors (Lipinski definition) is 3. The van der Waals surface area contributed by atoms with E-state index in [1.807, 2.05) is 32.5 Å². The highest BCUT2D eigenvalue weighted by atomic mass is 32.2. The fourth-order valence-electron chi connectivity index (χ4n) is 5.25. The molecule has 42 heavy (non-hydrogen) atoms. The Morgan fingerprint density at radius 3 is 2.45 bits per heavy atom. The van der Waals surface area contributed by atoms with Crippen molar-refractivity contribution in [2.75, 3.05) is 65.8 Å². The van der Waals surface area contributed by atoms with Gasteiger partial charge in [0, 0.05) is 19.0 Å². The monoisotopic (exact) mass is 600 g/mol. The molecular weight excluding hydrogens is 556 g/mol. The van der Waals surface area contributed by atoms with Crippen molar-refractivity contribution in [3.63, 3.8) is 0 Å². The second-order valence-corrected chi connectivity index (χ2v) is 11.5. The molecule has 0 saturated carbocycles. The van der Waals surface area contributed by atoms with Crippen LogP contribution in [0.1, 0.15) is 43.4 Å². The van der Waals surface area contributed by atoms with E-state index in [-0.39, 0.29) is 17.2 Å². The number of ether oxygens (including phenoxy) is 3. The minimum absolute atomic E-state index is 0.143. The van der Waals surface area contributed by atoms with E-state index in [4.69, 9.17) is 14.2 Å². The van der Waals surface area contributed by atoms with Gasteiger partial charge in [0.15, 0.2) is 11.5 Å². The first-order valence-corrected chi connectivity index (χ1v) is 15.5. The average Bonchev–Trinajstić information content (AvgIpc) is 3.20. The molecule has 0 bridgehead atoms. The number of carbonyl (C=O) groups is 2. The Balaban J connectivity index is 2.12. The Kier molecular flexibility index (Phi) is 12.4. The van der Waals surface area contributed by atoms with Gasteiger partial charge in [-0.3, -0.25) is 14.4 Å². The maximum Gasteiger partial charge on any atom is 0.242 e. The quantitative estimate of drug-likeness (QED) is 0.280. The van der Waals surface area contributed by atoms with E-state index in [0.29, 0.717) is 54.3 Å². The number of amides is 2. The van der Waals surface area contributed by atoms with E-state index >= 15 is 0 Å². The van der Waals surface area contributed by atoms with Crippen molar-refractivity contribution >= 4 is 29.3 Å². The standard InChI is InChI=1S/C31H44N4O6S/c1-19(36)33-23-11-9-20-17-27(39-4)29(40-5)30(41-6)28(20)21-10-12-24(26(37)18-22(21)23)34-25(13-16-42-7)31(38)32-14-8-15-35(2)3/h10,12,17-18,23,25H,8-9,11,13-16H2,1-7H3,(H,32,38)(H,33,36)(H,34,37)/t23-,25-/m0/s1. The van der Waals surface area contributed by atoms with E-state index < -0.39 is 12.1 Å². The molecule has 0 aromatic heterocycles. The number of hydrogen-bond acceptors (Lipinski definition) is 9. The normalized spacial score (nSPS) is 14.6. The van der Waals surface area contributed by atoms with Crippen LogP contribution in [0.4, 0.5) is 5.69 Å². The molecule has 2 aromatic carbocycles. The highest BCUT2D eigenvalue weighted by molar-refractivity contribution is 7.98. The van der Waals surface area contributed by atoms with Gasteiger partial charge in [-0.25, -0.2) is 0 Å². The number of fused-ring (bicyclic) bond motifs is 3. The summed E-state index contributed by atoms with van der Waals surface area (Å²) in [6.07, 6.45) is 4.55. The predicted octanol–water partition coefficient (Wildman–Crippen LogP) is 3.46. The molecule has 0 radical (unpaired) electrons. The summed E-state index contributed by atoms with van der Waals surface area (Å²) in [5, 5.41) is 9.26. The van der Waals surface area contributed by atoms with E-state index in [2.05, 4.69) is 20.9 Å². The molecular formula is C31H44N4O6S. The second kappa shape index (κ2) is 15.7. The van der Waals surface area contributed by atoms with Gasteiger partial charge in [-0.1, -0.05) is 6.07 Å². The van der Waals surface area contributed by atoms with E-state index in [1.54, 1.807) is 45.2 Å². The predicted molar refractivity (Wildman–Crippen MR) is 169 cm³/mol. The topological polar surface area (TPSA) is 118 Å². The van der Waals surface area contributed by atoms with Crippen molar-refractivity contribution in [2.24, 2.45) is 0 Å². The molecule has 0 saturated heterocycles. The van der Waals surface area contributed by atoms with Crippen LogP contribution in [0.5, 0.6) is 17.2 Å². The van der Waals surface area contributed by atoms with Crippen molar-refractivity contribution < 1.29 is 23.8 Å². The van der Waals surface area contributed by atoms with Crippen LogP contribution in [0.15, 0.2) is 29.1 Å². The van der Waals surface area contributed by atoms with Crippen molar-refractivity contribution in [3.8, 4) is 28.4 Å². The molecule has 1 aliphatic carbocycles. The number of thioether (sulfide) groups is 1. The van der Waals surface area contributed by atoms with Crippen LogP contribution in [0.3, 0.4) is 0 Å². The van der Waals surface area contributed by atoms with Crippen molar-refractivity contribution in [2.45, 2.75) is 44.7 Å². The third-order valence-corrected chi connectivity index (χ3v) is 7.90. The number of carbonyl (C=O) groups excluding carboxylic acids is 2. The van der Waals surface area contributed by atoms with Gasteiger partial charge in [-0.15, -0.1) is 0 Å². The minimum atomic E-state index is -0.580. The first kappa shape index (κ1) is 33.1. The van der Waals surface area contributed by atoms with Gasteiger partial charge in [0.05, 0.1) is 33.1 Å². The molecule has 0 heterocycles. The van der Waals surface area contributed by atoms with Crippen LogP contribution in [0, 0.1) is 0 Å². The third kappa shape index (κ3) is 8.10. The van der Waals surface area contributed by atoms with Crippen LogP contribution in [0.25, 0.3) is 11.1 Å². The summed E-state index contributed by atoms with van der Waals surface area (Å²) in [6.45, 7) is 2.88. The molecule has 0 spiro atoms. The maximum absolute atomic E-state index is 13.7. The lowest BCUT2D eigenvalue weighted by Crippen LogP contribution is -2.41. The molecule has 3 rings (SSSR count). The summed E-state index contributed by atoms with van der Waals surface area (Å²) in [5.41, 5.74) is 3.15.